The van der Waals surface area contributed by atoms with Gasteiger partial charge in [-0.2, -0.15) is 15.0 Å². The largest absolute Gasteiger partial charge is 0.480 e. The summed E-state index contributed by atoms with van der Waals surface area (Å²) in [5.41, 5.74) is 0.768. The highest BCUT2D eigenvalue weighted by Gasteiger charge is 2.41. The molecular weight excluding hydrogens is 985 g/mol. The first-order chi connectivity index (χ1) is 33.3. The molecule has 7 rings (SSSR count). The second kappa shape index (κ2) is 24.7. The minimum atomic E-state index is -4.43. The number of carbonyl (C=O) groups excluding carboxylic acids is 4. The van der Waals surface area contributed by atoms with Crippen LogP contribution >= 0.6 is 23.2 Å². The molecule has 2 aromatic heterocycles. The Morgan fingerprint density at radius 1 is 0.857 bits per heavy atom. The van der Waals surface area contributed by atoms with E-state index in [1.807, 2.05) is 6.92 Å². The summed E-state index contributed by atoms with van der Waals surface area (Å²) in [7, 11) is -3.11. The predicted octanol–water partition coefficient (Wildman–Crippen LogP) is 7.08. The average Bonchev–Trinajstić information content (AvgIpc) is 3.58. The van der Waals surface area contributed by atoms with E-state index in [1.165, 1.54) is 32.2 Å². The summed E-state index contributed by atoms with van der Waals surface area (Å²) >= 11 is 12.0. The van der Waals surface area contributed by atoms with E-state index in [-0.39, 0.29) is 34.2 Å². The molecule has 4 amide bonds. The number of aliphatic carboxylic acids is 1. The normalized spacial score (nSPS) is 13.0. The maximum atomic E-state index is 14.5. The van der Waals surface area contributed by atoms with Crippen molar-refractivity contribution in [1.82, 2.24) is 24.7 Å². The van der Waals surface area contributed by atoms with Gasteiger partial charge in [0.1, 0.15) is 33.6 Å². The minimum absolute atomic E-state index is 0.000883. The molecule has 2 aliphatic rings. The molecule has 1 aliphatic heterocycles. The number of pyridine rings is 1. The van der Waals surface area contributed by atoms with E-state index in [9.17, 15) is 41.6 Å². The first kappa shape index (κ1) is 53.5. The topological polar surface area (TPSA) is 293 Å². The Bertz CT molecular complexity index is 2930. The van der Waals surface area contributed by atoms with Gasteiger partial charge in [-0.05, 0) is 81.5 Å². The van der Waals surface area contributed by atoms with Crippen molar-refractivity contribution >= 4 is 91.5 Å². The fourth-order valence-corrected chi connectivity index (χ4v) is 8.16. The maximum Gasteiger partial charge on any atom is 0.344 e. The molecule has 25 heteroatoms. The van der Waals surface area contributed by atoms with E-state index in [1.54, 1.807) is 35.2 Å². The molecule has 0 fully saturated rings. The van der Waals surface area contributed by atoms with Crippen molar-refractivity contribution in [1.29, 1.82) is 0 Å². The Morgan fingerprint density at radius 2 is 1.54 bits per heavy atom. The number of anilines is 2. The second-order valence-electron chi connectivity index (χ2n) is 14.7. The number of aromatic nitrogens is 4. The van der Waals surface area contributed by atoms with Gasteiger partial charge in [0, 0.05) is 28.8 Å². The third-order valence-electron chi connectivity index (χ3n) is 9.79. The van der Waals surface area contributed by atoms with Gasteiger partial charge in [0.15, 0.2) is 13.2 Å². The van der Waals surface area contributed by atoms with Crippen molar-refractivity contribution < 1.29 is 70.7 Å². The Morgan fingerprint density at radius 3 is 2.20 bits per heavy atom. The van der Waals surface area contributed by atoms with E-state index in [2.05, 4.69) is 25.3 Å². The number of amides is 4. The summed E-state index contributed by atoms with van der Waals surface area (Å²) in [5, 5.41) is 20.9. The molecule has 0 saturated carbocycles. The van der Waals surface area contributed by atoms with Crippen LogP contribution in [0.2, 0.25) is 10.0 Å². The van der Waals surface area contributed by atoms with E-state index >= 15 is 0 Å². The number of carbonyl (C=O) groups is 6. The van der Waals surface area contributed by atoms with Gasteiger partial charge in [-0.3, -0.25) is 19.9 Å². The lowest BCUT2D eigenvalue weighted by Gasteiger charge is -2.18. The average molecular weight is 1030 g/mol. The number of carboxylic acids is 2. The fourth-order valence-electron chi connectivity index (χ4n) is 6.63. The van der Waals surface area contributed by atoms with Gasteiger partial charge in [0.25, 0.3) is 21.8 Å². The lowest BCUT2D eigenvalue weighted by atomic mass is 9.93. The van der Waals surface area contributed by atoms with E-state index in [0.717, 1.165) is 60.6 Å². The lowest BCUT2D eigenvalue weighted by molar-refractivity contribution is -0.146. The maximum absolute atomic E-state index is 14.5. The summed E-state index contributed by atoms with van der Waals surface area (Å²) in [4.78, 5) is 86.3. The van der Waals surface area contributed by atoms with Crippen LogP contribution in [0.15, 0.2) is 82.9 Å². The van der Waals surface area contributed by atoms with Gasteiger partial charge in [-0.15, -0.1) is 0 Å². The van der Waals surface area contributed by atoms with E-state index < -0.39 is 75.3 Å². The monoisotopic (exact) mass is 1030 g/mol. The van der Waals surface area contributed by atoms with E-state index in [4.69, 9.17) is 52.4 Å². The van der Waals surface area contributed by atoms with Crippen LogP contribution in [-0.2, 0) is 33.9 Å². The number of ether oxygens (including phenoxy) is 4. The number of sulfonamides is 1. The van der Waals surface area contributed by atoms with Crippen LogP contribution in [0.25, 0.3) is 10.9 Å². The highest BCUT2D eigenvalue weighted by atomic mass is 35.5. The number of unbranched alkanes of at least 4 members (excludes halogenated alkanes) is 2. The number of esters is 1. The molecule has 0 atom stereocenters. The first-order valence-corrected chi connectivity index (χ1v) is 23.3. The lowest BCUT2D eigenvalue weighted by Crippen LogP contribution is -2.35. The Hall–Kier alpha value is -7.50. The number of methoxy groups -OCH3 is 1. The number of aromatic carboxylic acids is 1. The SMILES string of the molecule is CCCCCOC(=O)COc1cc(N2C(=O)C3=C(CCCC3)C2=O)c(F)cc1Cl.COc1nc(C)nc(NC(=O)NS(=O)(=O)c2ccccc2C(=O)O)n1.O=C(O)COc1ccc(Cl)c2cccnc12. The highest BCUT2D eigenvalue weighted by Crippen LogP contribution is 2.39. The van der Waals surface area contributed by atoms with Crippen LogP contribution in [0.3, 0.4) is 0 Å². The number of nitrogens with one attached hydrogen (secondary N) is 2. The van der Waals surface area contributed by atoms with Gasteiger partial charge in [-0.1, -0.05) is 55.1 Å². The molecule has 0 bridgehead atoms. The van der Waals surface area contributed by atoms with Gasteiger partial charge in [0.2, 0.25) is 5.95 Å². The van der Waals surface area contributed by atoms with Crippen LogP contribution in [-0.4, -0.2) is 101 Å². The number of fused-ring (bicyclic) bond motifs is 1. The Balaban J connectivity index is 0.000000203. The molecule has 0 spiro atoms. The smallest absolute Gasteiger partial charge is 0.344 e. The van der Waals surface area contributed by atoms with Crippen molar-refractivity contribution in [2.45, 2.75) is 63.7 Å². The number of urea groups is 1. The molecule has 1 aliphatic carbocycles. The molecule has 3 aromatic carbocycles. The zero-order chi connectivity index (χ0) is 51.1. The quantitative estimate of drug-likeness (QED) is 0.0436. The summed E-state index contributed by atoms with van der Waals surface area (Å²) < 4.78 is 61.1. The molecule has 4 N–H and O–H groups in total. The minimum Gasteiger partial charge on any atom is -0.480 e. The molecule has 3 heterocycles. The number of rotatable bonds is 16. The number of hydrogen-bond donors (Lipinski definition) is 4. The number of halogens is 3. The van der Waals surface area contributed by atoms with Crippen molar-refractivity contribution in [3.8, 4) is 17.5 Å². The zero-order valence-electron chi connectivity index (χ0n) is 37.5. The predicted molar refractivity (Wildman–Crippen MR) is 249 cm³/mol. The number of aryl methyl sites for hydroxylation is 1. The van der Waals surface area contributed by atoms with Crippen molar-refractivity contribution in [3.05, 3.63) is 105 Å². The third kappa shape index (κ3) is 14.0. The molecule has 70 heavy (non-hydrogen) atoms. The third-order valence-corrected chi connectivity index (χ3v) is 11.8. The molecule has 0 radical (unpaired) electrons. The zero-order valence-corrected chi connectivity index (χ0v) is 39.8. The van der Waals surface area contributed by atoms with Gasteiger partial charge in [-0.25, -0.2) is 41.6 Å². The summed E-state index contributed by atoms with van der Waals surface area (Å²) in [6, 6.07) is 12.6. The summed E-state index contributed by atoms with van der Waals surface area (Å²) in [6.07, 6.45) is 7.00. The molecule has 0 saturated heterocycles. The van der Waals surface area contributed by atoms with Crippen LogP contribution in [0.4, 0.5) is 20.8 Å². The molecule has 5 aromatic rings. The standard InChI is InChI=1S/C21H23ClFNO5.C13H13N5O6S.C11H8ClNO3/c1-2-3-6-9-28-19(25)12-29-18-11-17(16(23)10-15(18)22)24-20(26)13-7-4-5-8-14(13)21(24)27;1-7-14-11(17-13(15-7)24-2)16-12(21)18-25(22,23)9-6-4-3-5-8(9)10(19)20;12-8-3-4-9(16-6-10(14)15)11-7(8)2-1-5-13-11/h10-11H,2-9,12H2,1H3;3-6H,1-2H3,(H,19,20)(H2,14,15,16,17,18,21);1-5H,6H2,(H,14,15). The van der Waals surface area contributed by atoms with E-state index in [0.29, 0.717) is 46.9 Å². The fraction of sp³-hybridized carbons (Fsp3) is 0.289. The number of carboxylic acid groups (broad SMARTS) is 2. The summed E-state index contributed by atoms with van der Waals surface area (Å²) in [6.45, 7) is 3.06. The van der Waals surface area contributed by atoms with Crippen molar-refractivity contribution in [2.75, 3.05) is 37.1 Å². The number of benzene rings is 3. The van der Waals surface area contributed by atoms with Crippen molar-refractivity contribution in [2.24, 2.45) is 0 Å². The summed E-state index contributed by atoms with van der Waals surface area (Å²) in [5.74, 6) is -4.46. The molecular formula is C45H44Cl2FN7O14S. The van der Waals surface area contributed by atoms with Crippen LogP contribution < -0.4 is 29.1 Å². The Labute approximate surface area is 409 Å². The molecule has 0 unspecified atom stereocenters. The van der Waals surface area contributed by atoms with Gasteiger partial charge < -0.3 is 29.2 Å². The number of hydrogen-bond acceptors (Lipinski definition) is 16. The highest BCUT2D eigenvalue weighted by molar-refractivity contribution is 7.90. The number of imide groups is 1. The van der Waals surface area contributed by atoms with Crippen LogP contribution in [0.5, 0.6) is 17.5 Å². The van der Waals surface area contributed by atoms with Gasteiger partial charge in [0.05, 0.1) is 35.0 Å². The second-order valence-corrected chi connectivity index (χ2v) is 17.2. The van der Waals surface area contributed by atoms with Gasteiger partial charge >= 0.3 is 29.9 Å². The molecule has 370 valence electrons. The first-order valence-electron chi connectivity index (χ1n) is 21.0. The van der Waals surface area contributed by atoms with Crippen molar-refractivity contribution in [3.63, 3.8) is 0 Å². The van der Waals surface area contributed by atoms with Crippen LogP contribution in [0.1, 0.15) is 68.1 Å². The Kier molecular flexibility index (Phi) is 18.8. The molecule has 21 nitrogen and oxygen atoms in total. The van der Waals surface area contributed by atoms with Crippen LogP contribution in [0, 0.1) is 12.7 Å². The number of nitrogens with zero attached hydrogens (tertiary/aromatic N) is 5.